The number of hydrogen-bond acceptors (Lipinski definition) is 2. The van der Waals surface area contributed by atoms with E-state index in [-0.39, 0.29) is 0 Å². The number of aromatic nitrogens is 2. The van der Waals surface area contributed by atoms with Gasteiger partial charge in [0.2, 0.25) is 0 Å². The third kappa shape index (κ3) is 2.10. The average molecular weight is 330 g/mol. The van der Waals surface area contributed by atoms with Crippen molar-refractivity contribution in [2.45, 2.75) is 20.3 Å². The molecule has 0 bridgehead atoms. The number of anilines is 1. The van der Waals surface area contributed by atoms with E-state index in [9.17, 15) is 0 Å². The molecule has 0 amide bonds. The summed E-state index contributed by atoms with van der Waals surface area (Å²) in [4.78, 5) is 4.70. The normalized spacial score (nSPS) is 11.2. The fraction of sp³-hybridized carbons (Fsp3) is 0.188. The summed E-state index contributed by atoms with van der Waals surface area (Å²) in [7, 11) is 0. The molecule has 1 heterocycles. The fourth-order valence-electron chi connectivity index (χ4n) is 2.45. The quantitative estimate of drug-likeness (QED) is 0.714. The number of benzene rings is 2. The average Bonchev–Trinajstić information content (AvgIpc) is 2.78. The van der Waals surface area contributed by atoms with E-state index >= 15 is 0 Å². The monoisotopic (exact) mass is 329 g/mol. The van der Waals surface area contributed by atoms with Crippen LogP contribution in [-0.2, 0) is 6.42 Å². The molecule has 0 aliphatic rings. The van der Waals surface area contributed by atoms with E-state index in [0.717, 1.165) is 39.1 Å². The van der Waals surface area contributed by atoms with Crippen molar-refractivity contribution < 1.29 is 0 Å². The summed E-state index contributed by atoms with van der Waals surface area (Å²) in [6, 6.07) is 12.2. The Kier molecular flexibility index (Phi) is 3.26. The Morgan fingerprint density at radius 3 is 2.75 bits per heavy atom. The lowest BCUT2D eigenvalue weighted by atomic mass is 10.2. The Morgan fingerprint density at radius 2 is 2.00 bits per heavy atom. The van der Waals surface area contributed by atoms with Gasteiger partial charge in [0.05, 0.1) is 16.7 Å². The fourth-order valence-corrected chi connectivity index (χ4v) is 2.87. The predicted molar refractivity (Wildman–Crippen MR) is 87.3 cm³/mol. The largest absolute Gasteiger partial charge is 0.399 e. The number of nitrogen functional groups attached to an aromatic ring is 1. The number of nitrogens with zero attached hydrogens (tertiary/aromatic N) is 2. The summed E-state index contributed by atoms with van der Waals surface area (Å²) in [5, 5.41) is 0. The van der Waals surface area contributed by atoms with Gasteiger partial charge in [-0.2, -0.15) is 0 Å². The van der Waals surface area contributed by atoms with Crippen LogP contribution in [0.15, 0.2) is 40.9 Å². The first-order valence-corrected chi connectivity index (χ1v) is 7.43. The summed E-state index contributed by atoms with van der Waals surface area (Å²) >= 11 is 3.64. The highest BCUT2D eigenvalue weighted by atomic mass is 79.9. The number of fused-ring (bicyclic) bond motifs is 1. The molecule has 3 aromatic rings. The van der Waals surface area contributed by atoms with Crippen LogP contribution < -0.4 is 5.73 Å². The topological polar surface area (TPSA) is 43.8 Å². The lowest BCUT2D eigenvalue weighted by molar-refractivity contribution is 0.904. The van der Waals surface area contributed by atoms with Crippen LogP contribution in [0.5, 0.6) is 0 Å². The summed E-state index contributed by atoms with van der Waals surface area (Å²) < 4.78 is 3.26. The highest BCUT2D eigenvalue weighted by Gasteiger charge is 2.13. The van der Waals surface area contributed by atoms with E-state index in [4.69, 9.17) is 10.7 Å². The second-order valence-electron chi connectivity index (χ2n) is 4.92. The van der Waals surface area contributed by atoms with E-state index in [1.54, 1.807) is 0 Å². The lowest BCUT2D eigenvalue weighted by Crippen LogP contribution is -2.01. The van der Waals surface area contributed by atoms with Crippen LogP contribution in [0.25, 0.3) is 16.7 Å². The molecular weight excluding hydrogens is 314 g/mol. The Balaban J connectivity index is 2.37. The maximum atomic E-state index is 5.86. The molecule has 0 unspecified atom stereocenters. The Morgan fingerprint density at radius 1 is 1.20 bits per heavy atom. The highest BCUT2D eigenvalue weighted by Crippen LogP contribution is 2.29. The van der Waals surface area contributed by atoms with Crippen molar-refractivity contribution in [3.05, 3.63) is 52.3 Å². The lowest BCUT2D eigenvalue weighted by Gasteiger charge is -2.11. The molecular formula is C16H16BrN3. The zero-order chi connectivity index (χ0) is 14.3. The van der Waals surface area contributed by atoms with Gasteiger partial charge in [0.1, 0.15) is 5.82 Å². The number of hydrogen-bond donors (Lipinski definition) is 1. The first-order valence-electron chi connectivity index (χ1n) is 6.63. The Labute approximate surface area is 126 Å². The van der Waals surface area contributed by atoms with Crippen LogP contribution in [0.1, 0.15) is 18.3 Å². The molecule has 2 aromatic carbocycles. The first-order chi connectivity index (χ1) is 9.60. The maximum Gasteiger partial charge on any atom is 0.114 e. The van der Waals surface area contributed by atoms with Crippen LogP contribution in [0.2, 0.25) is 0 Å². The summed E-state index contributed by atoms with van der Waals surface area (Å²) in [6.45, 7) is 4.21. The van der Waals surface area contributed by atoms with Gasteiger partial charge < -0.3 is 5.73 Å². The molecule has 0 spiro atoms. The second-order valence-corrected chi connectivity index (χ2v) is 5.77. The molecule has 3 nitrogen and oxygen atoms in total. The van der Waals surface area contributed by atoms with Gasteiger partial charge in [-0.05, 0) is 58.7 Å². The third-order valence-electron chi connectivity index (χ3n) is 3.41. The third-order valence-corrected chi connectivity index (χ3v) is 4.08. The number of rotatable bonds is 2. The van der Waals surface area contributed by atoms with Crippen molar-refractivity contribution in [1.82, 2.24) is 9.55 Å². The minimum Gasteiger partial charge on any atom is -0.399 e. The number of aryl methyl sites for hydroxylation is 2. The molecule has 0 aliphatic heterocycles. The van der Waals surface area contributed by atoms with E-state index in [2.05, 4.69) is 52.5 Å². The molecule has 20 heavy (non-hydrogen) atoms. The van der Waals surface area contributed by atoms with Gasteiger partial charge in [-0.3, -0.25) is 4.57 Å². The van der Waals surface area contributed by atoms with Crippen LogP contribution >= 0.6 is 15.9 Å². The van der Waals surface area contributed by atoms with Gasteiger partial charge in [-0.15, -0.1) is 0 Å². The molecule has 2 N–H and O–H groups in total. The summed E-state index contributed by atoms with van der Waals surface area (Å²) in [5.41, 5.74) is 11.0. The number of halogens is 1. The molecule has 0 saturated heterocycles. The van der Waals surface area contributed by atoms with Crippen molar-refractivity contribution in [1.29, 1.82) is 0 Å². The van der Waals surface area contributed by atoms with Gasteiger partial charge in [0, 0.05) is 16.6 Å². The summed E-state index contributed by atoms with van der Waals surface area (Å²) in [6.07, 6.45) is 0.870. The Hall–Kier alpha value is -1.81. The van der Waals surface area contributed by atoms with Gasteiger partial charge >= 0.3 is 0 Å². The van der Waals surface area contributed by atoms with Crippen LogP contribution in [0.4, 0.5) is 5.69 Å². The van der Waals surface area contributed by atoms with Crippen molar-refractivity contribution >= 4 is 32.7 Å². The standard InChI is InChI=1S/C16H16BrN3/c1-3-16-19-13-9-11(18)5-7-14(13)20(16)15-8-10(2)4-6-12(15)17/h4-9H,3,18H2,1-2H3. The van der Waals surface area contributed by atoms with E-state index in [1.165, 1.54) is 5.56 Å². The zero-order valence-corrected chi connectivity index (χ0v) is 13.1. The van der Waals surface area contributed by atoms with E-state index < -0.39 is 0 Å². The molecule has 3 rings (SSSR count). The molecule has 0 aliphatic carbocycles. The van der Waals surface area contributed by atoms with Gasteiger partial charge in [0.15, 0.2) is 0 Å². The highest BCUT2D eigenvalue weighted by molar-refractivity contribution is 9.10. The molecule has 0 radical (unpaired) electrons. The number of nitrogens with two attached hydrogens (primary N) is 1. The predicted octanol–water partition coefficient (Wildman–Crippen LogP) is 4.24. The maximum absolute atomic E-state index is 5.86. The van der Waals surface area contributed by atoms with Crippen LogP contribution in [0, 0.1) is 6.92 Å². The van der Waals surface area contributed by atoms with Crippen molar-refractivity contribution in [2.75, 3.05) is 5.73 Å². The van der Waals surface area contributed by atoms with Crippen molar-refractivity contribution in [3.63, 3.8) is 0 Å². The molecule has 0 fully saturated rings. The SMILES string of the molecule is CCc1nc2cc(N)ccc2n1-c1cc(C)ccc1Br. The van der Waals surface area contributed by atoms with Crippen molar-refractivity contribution in [3.8, 4) is 5.69 Å². The van der Waals surface area contributed by atoms with Gasteiger partial charge in [0.25, 0.3) is 0 Å². The minimum atomic E-state index is 0.744. The number of imidazole rings is 1. The van der Waals surface area contributed by atoms with Crippen LogP contribution in [-0.4, -0.2) is 9.55 Å². The van der Waals surface area contributed by atoms with Gasteiger partial charge in [-0.25, -0.2) is 4.98 Å². The molecule has 0 saturated carbocycles. The van der Waals surface area contributed by atoms with Crippen LogP contribution in [0.3, 0.4) is 0 Å². The van der Waals surface area contributed by atoms with E-state index in [0.29, 0.717) is 0 Å². The molecule has 1 aromatic heterocycles. The zero-order valence-electron chi connectivity index (χ0n) is 11.5. The summed E-state index contributed by atoms with van der Waals surface area (Å²) in [5.74, 6) is 1.04. The van der Waals surface area contributed by atoms with Crippen molar-refractivity contribution in [2.24, 2.45) is 0 Å². The van der Waals surface area contributed by atoms with Gasteiger partial charge in [-0.1, -0.05) is 13.0 Å². The minimum absolute atomic E-state index is 0.744. The second kappa shape index (κ2) is 4.94. The smallest absolute Gasteiger partial charge is 0.114 e. The molecule has 4 heteroatoms. The first kappa shape index (κ1) is 13.2. The Bertz CT molecular complexity index is 790. The molecule has 102 valence electrons. The molecule has 0 atom stereocenters. The van der Waals surface area contributed by atoms with E-state index in [1.807, 2.05) is 18.2 Å².